The number of aryl methyl sites for hydroxylation is 1. The zero-order chi connectivity index (χ0) is 11.7. The molecule has 86 valence electrons. The molecule has 16 heavy (non-hydrogen) atoms. The molecule has 9 nitrogen and oxygen atoms in total. The van der Waals surface area contributed by atoms with Crippen LogP contribution < -0.4 is 10.6 Å². The van der Waals surface area contributed by atoms with E-state index in [1.807, 2.05) is 0 Å². The second kappa shape index (κ2) is 3.76. The third kappa shape index (κ3) is 1.78. The Balaban J connectivity index is 1.99. The van der Waals surface area contributed by atoms with E-state index in [0.29, 0.717) is 12.4 Å². The highest BCUT2D eigenvalue weighted by Gasteiger charge is 2.40. The van der Waals surface area contributed by atoms with Crippen LogP contribution in [0.25, 0.3) is 0 Å². The van der Waals surface area contributed by atoms with Crippen LogP contribution in [0.5, 0.6) is 0 Å². The Morgan fingerprint density at radius 2 is 2.44 bits per heavy atom. The lowest BCUT2D eigenvalue weighted by atomic mass is 9.99. The first-order valence-corrected chi connectivity index (χ1v) is 4.60. The molecule has 9 heteroatoms. The van der Waals surface area contributed by atoms with E-state index in [-0.39, 0.29) is 11.9 Å². The Kier molecular flexibility index (Phi) is 2.43. The van der Waals surface area contributed by atoms with Crippen molar-refractivity contribution in [3.63, 3.8) is 0 Å². The molecule has 2 rings (SSSR count). The average molecular weight is 226 g/mol. The number of hydrogen-bond donors (Lipinski definition) is 3. The number of carboxylic acid groups (broad SMARTS) is 1. The van der Waals surface area contributed by atoms with Gasteiger partial charge in [-0.1, -0.05) is 0 Å². The zero-order valence-electron chi connectivity index (χ0n) is 8.41. The van der Waals surface area contributed by atoms with Crippen LogP contribution in [0.2, 0.25) is 0 Å². The largest absolute Gasteiger partial charge is 0.465 e. The standard InChI is InChI=1S/C7H10N6O3/c1-3-10-11-12-13(3)2-4-5(6(14)8-4)9-7(15)16/h4-5,9H,2H2,1H3,(H,8,14)(H,15,16)/t4-,5+/m1/s1. The SMILES string of the molecule is Cc1nnnn1C[C@H]1NC(=O)[C@H]1NC(=O)O. The van der Waals surface area contributed by atoms with Crippen molar-refractivity contribution in [2.75, 3.05) is 0 Å². The highest BCUT2D eigenvalue weighted by Crippen LogP contribution is 2.08. The number of carbonyl (C=O) groups excluding carboxylic acids is 1. The quantitative estimate of drug-likeness (QED) is 0.518. The normalized spacial score (nSPS) is 23.4. The van der Waals surface area contributed by atoms with Crippen molar-refractivity contribution in [2.45, 2.75) is 25.6 Å². The first-order chi connectivity index (χ1) is 7.58. The Morgan fingerprint density at radius 1 is 1.69 bits per heavy atom. The number of hydrogen-bond acceptors (Lipinski definition) is 5. The van der Waals surface area contributed by atoms with E-state index in [9.17, 15) is 9.59 Å². The number of carbonyl (C=O) groups is 2. The van der Waals surface area contributed by atoms with Crippen molar-refractivity contribution in [1.29, 1.82) is 0 Å². The predicted octanol–water partition coefficient (Wildman–Crippen LogP) is -1.88. The van der Waals surface area contributed by atoms with Crippen LogP contribution in [-0.2, 0) is 11.3 Å². The third-order valence-electron chi connectivity index (χ3n) is 2.37. The molecule has 1 saturated heterocycles. The Hall–Kier alpha value is -2.19. The molecule has 1 aromatic heterocycles. The lowest BCUT2D eigenvalue weighted by Crippen LogP contribution is -2.70. The molecular weight excluding hydrogens is 216 g/mol. The summed E-state index contributed by atoms with van der Waals surface area (Å²) in [5.74, 6) is 0.272. The topological polar surface area (TPSA) is 122 Å². The number of rotatable bonds is 3. The van der Waals surface area contributed by atoms with Crippen LogP contribution in [-0.4, -0.2) is 49.4 Å². The second-order valence-electron chi connectivity index (χ2n) is 3.45. The fourth-order valence-corrected chi connectivity index (χ4v) is 1.50. The Morgan fingerprint density at radius 3 is 2.94 bits per heavy atom. The summed E-state index contributed by atoms with van der Waals surface area (Å²) < 4.78 is 1.50. The van der Waals surface area contributed by atoms with E-state index in [0.717, 1.165) is 0 Å². The van der Waals surface area contributed by atoms with E-state index in [1.165, 1.54) is 4.68 Å². The lowest BCUT2D eigenvalue weighted by Gasteiger charge is -2.36. The van der Waals surface area contributed by atoms with E-state index >= 15 is 0 Å². The van der Waals surface area contributed by atoms with Crippen LogP contribution in [0.1, 0.15) is 5.82 Å². The van der Waals surface area contributed by atoms with Crippen LogP contribution in [0.4, 0.5) is 4.79 Å². The van der Waals surface area contributed by atoms with E-state index in [2.05, 4.69) is 26.2 Å². The summed E-state index contributed by atoms with van der Waals surface area (Å²) in [5.41, 5.74) is 0. The molecule has 0 saturated carbocycles. The summed E-state index contributed by atoms with van der Waals surface area (Å²) in [4.78, 5) is 21.5. The lowest BCUT2D eigenvalue weighted by molar-refractivity contribution is -0.131. The summed E-state index contributed by atoms with van der Waals surface area (Å²) >= 11 is 0. The molecule has 2 amide bonds. The minimum atomic E-state index is -1.22. The molecule has 0 spiro atoms. The van der Waals surface area contributed by atoms with Gasteiger partial charge in [0.2, 0.25) is 5.91 Å². The van der Waals surface area contributed by atoms with Gasteiger partial charge in [-0.05, 0) is 17.4 Å². The molecule has 2 atom stereocenters. The smallest absolute Gasteiger partial charge is 0.405 e. The molecule has 0 bridgehead atoms. The molecule has 0 unspecified atom stereocenters. The minimum absolute atomic E-state index is 0.314. The highest BCUT2D eigenvalue weighted by molar-refractivity contribution is 5.91. The second-order valence-corrected chi connectivity index (χ2v) is 3.45. The van der Waals surface area contributed by atoms with Gasteiger partial charge in [-0.2, -0.15) is 0 Å². The van der Waals surface area contributed by atoms with Gasteiger partial charge in [0.25, 0.3) is 0 Å². The van der Waals surface area contributed by atoms with Crippen molar-refractivity contribution >= 4 is 12.0 Å². The van der Waals surface area contributed by atoms with Crippen LogP contribution in [0, 0.1) is 6.92 Å². The molecule has 2 heterocycles. The number of amides is 2. The molecule has 1 aliphatic heterocycles. The monoisotopic (exact) mass is 226 g/mol. The Labute approximate surface area is 89.8 Å². The molecule has 3 N–H and O–H groups in total. The average Bonchev–Trinajstić information content (AvgIpc) is 2.61. The predicted molar refractivity (Wildman–Crippen MR) is 49.4 cm³/mol. The summed E-state index contributed by atoms with van der Waals surface area (Å²) in [6.45, 7) is 2.07. The molecule has 1 aliphatic rings. The van der Waals surface area contributed by atoms with Gasteiger partial charge in [-0.25, -0.2) is 9.48 Å². The number of β-lactam (4-membered cyclic amide) rings is 1. The maximum atomic E-state index is 11.1. The Bertz CT molecular complexity index is 430. The van der Waals surface area contributed by atoms with Crippen LogP contribution >= 0.6 is 0 Å². The first-order valence-electron chi connectivity index (χ1n) is 4.60. The van der Waals surface area contributed by atoms with Gasteiger partial charge in [-0.3, -0.25) is 4.79 Å². The van der Waals surface area contributed by atoms with Crippen molar-refractivity contribution < 1.29 is 14.7 Å². The van der Waals surface area contributed by atoms with Crippen molar-refractivity contribution in [3.8, 4) is 0 Å². The molecule has 1 aromatic rings. The van der Waals surface area contributed by atoms with Gasteiger partial charge >= 0.3 is 6.09 Å². The van der Waals surface area contributed by atoms with Gasteiger partial charge in [0, 0.05) is 0 Å². The van der Waals surface area contributed by atoms with Crippen molar-refractivity contribution in [1.82, 2.24) is 30.8 Å². The molecule has 0 aromatic carbocycles. The van der Waals surface area contributed by atoms with E-state index < -0.39 is 12.1 Å². The zero-order valence-corrected chi connectivity index (χ0v) is 8.41. The highest BCUT2D eigenvalue weighted by atomic mass is 16.4. The molecule has 0 aliphatic carbocycles. The van der Waals surface area contributed by atoms with Gasteiger partial charge in [0.05, 0.1) is 12.6 Å². The van der Waals surface area contributed by atoms with Crippen LogP contribution in [0.3, 0.4) is 0 Å². The third-order valence-corrected chi connectivity index (χ3v) is 2.37. The first kappa shape index (κ1) is 10.3. The maximum absolute atomic E-state index is 11.1. The summed E-state index contributed by atoms with van der Waals surface area (Å²) in [7, 11) is 0. The minimum Gasteiger partial charge on any atom is -0.465 e. The molecular formula is C7H10N6O3. The van der Waals surface area contributed by atoms with Crippen LogP contribution in [0.15, 0.2) is 0 Å². The molecule has 0 radical (unpaired) electrons. The number of tetrazole rings is 1. The summed E-state index contributed by atoms with van der Waals surface area (Å²) in [6, 6.07) is -1.05. The fraction of sp³-hybridized carbons (Fsp3) is 0.571. The van der Waals surface area contributed by atoms with E-state index in [1.54, 1.807) is 6.92 Å². The maximum Gasteiger partial charge on any atom is 0.405 e. The molecule has 1 fully saturated rings. The summed E-state index contributed by atoms with van der Waals surface area (Å²) in [6.07, 6.45) is -1.22. The van der Waals surface area contributed by atoms with Gasteiger partial charge in [0.15, 0.2) is 0 Å². The van der Waals surface area contributed by atoms with Gasteiger partial charge in [-0.15, -0.1) is 5.10 Å². The number of nitrogens with one attached hydrogen (secondary N) is 2. The van der Waals surface area contributed by atoms with Crippen molar-refractivity contribution in [2.24, 2.45) is 0 Å². The fourth-order valence-electron chi connectivity index (χ4n) is 1.50. The van der Waals surface area contributed by atoms with Crippen molar-refractivity contribution in [3.05, 3.63) is 5.82 Å². The number of nitrogens with zero attached hydrogens (tertiary/aromatic N) is 4. The van der Waals surface area contributed by atoms with Gasteiger partial charge < -0.3 is 15.7 Å². The van der Waals surface area contributed by atoms with E-state index in [4.69, 9.17) is 5.11 Å². The number of aromatic nitrogens is 4. The van der Waals surface area contributed by atoms with Gasteiger partial charge in [0.1, 0.15) is 11.9 Å². The summed E-state index contributed by atoms with van der Waals surface area (Å²) in [5, 5.41) is 24.1.